The van der Waals surface area contributed by atoms with Crippen LogP contribution in [-0.4, -0.2) is 5.97 Å². The molecule has 1 aliphatic heterocycles. The van der Waals surface area contributed by atoms with Gasteiger partial charge >= 0.3 is 5.97 Å². The molecule has 0 N–H and O–H groups in total. The molecule has 1 unspecified atom stereocenters. The molecule has 0 saturated carbocycles. The van der Waals surface area contributed by atoms with Crippen molar-refractivity contribution >= 4 is 5.97 Å². The Morgan fingerprint density at radius 1 is 0.952 bits per heavy atom. The van der Waals surface area contributed by atoms with Gasteiger partial charge < -0.3 is 4.74 Å². The van der Waals surface area contributed by atoms with E-state index in [4.69, 9.17) is 4.74 Å². The number of benzene rings is 2. The fraction of sp³-hybridized carbons (Fsp3) is 0.316. The molecular formula is C19H20O2. The first-order valence-electron chi connectivity index (χ1n) is 7.38. The van der Waals surface area contributed by atoms with E-state index in [1.165, 1.54) is 16.7 Å². The minimum absolute atomic E-state index is 0.135. The highest BCUT2D eigenvalue weighted by Gasteiger charge is 2.27. The van der Waals surface area contributed by atoms with E-state index in [9.17, 15) is 4.79 Å². The summed E-state index contributed by atoms with van der Waals surface area (Å²) in [6, 6.07) is 10.7. The summed E-state index contributed by atoms with van der Waals surface area (Å²) in [6.45, 7) is 8.36. The van der Waals surface area contributed by atoms with Gasteiger partial charge in [0.15, 0.2) is 0 Å². The molecule has 2 aromatic carbocycles. The lowest BCUT2D eigenvalue weighted by Crippen LogP contribution is -2.19. The summed E-state index contributed by atoms with van der Waals surface area (Å²) in [6.07, 6.45) is 0.461. The number of hydrogen-bond donors (Lipinski definition) is 0. The molecule has 21 heavy (non-hydrogen) atoms. The van der Waals surface area contributed by atoms with Gasteiger partial charge in [-0.15, -0.1) is 0 Å². The number of esters is 1. The van der Waals surface area contributed by atoms with Crippen LogP contribution in [0.15, 0.2) is 30.3 Å². The van der Waals surface area contributed by atoms with Crippen LogP contribution in [0.5, 0.6) is 5.75 Å². The summed E-state index contributed by atoms with van der Waals surface area (Å²) in [7, 11) is 0. The van der Waals surface area contributed by atoms with Gasteiger partial charge in [-0.3, -0.25) is 4.79 Å². The minimum atomic E-state index is -0.135. The third-order valence-corrected chi connectivity index (χ3v) is 4.01. The Morgan fingerprint density at radius 2 is 1.57 bits per heavy atom. The monoisotopic (exact) mass is 280 g/mol. The van der Waals surface area contributed by atoms with Crippen LogP contribution in [0.1, 0.15) is 41.5 Å². The van der Waals surface area contributed by atoms with Crippen LogP contribution in [0.25, 0.3) is 11.1 Å². The molecule has 1 heterocycles. The summed E-state index contributed by atoms with van der Waals surface area (Å²) in [5.74, 6) is 0.824. The van der Waals surface area contributed by atoms with Crippen molar-refractivity contribution < 1.29 is 9.53 Å². The number of carbonyl (C=O) groups excluding carboxylic acids is 1. The molecule has 2 aromatic rings. The van der Waals surface area contributed by atoms with Gasteiger partial charge in [-0.2, -0.15) is 0 Å². The highest BCUT2D eigenvalue weighted by Crippen LogP contribution is 2.42. The third-order valence-electron chi connectivity index (χ3n) is 4.01. The predicted octanol–water partition coefficient (Wildman–Crippen LogP) is 4.69. The Labute approximate surface area is 125 Å². The van der Waals surface area contributed by atoms with E-state index >= 15 is 0 Å². The summed E-state index contributed by atoms with van der Waals surface area (Å²) >= 11 is 0. The molecule has 1 atom stereocenters. The Balaban J connectivity index is 2.25. The van der Waals surface area contributed by atoms with Gasteiger partial charge in [0.1, 0.15) is 5.75 Å². The molecule has 0 fully saturated rings. The van der Waals surface area contributed by atoms with E-state index in [1.807, 2.05) is 0 Å². The molecule has 3 rings (SSSR count). The summed E-state index contributed by atoms with van der Waals surface area (Å²) in [5.41, 5.74) is 6.92. The van der Waals surface area contributed by atoms with Crippen molar-refractivity contribution in [2.75, 3.05) is 0 Å². The zero-order valence-electron chi connectivity index (χ0n) is 13.0. The number of rotatable bonds is 1. The van der Waals surface area contributed by atoms with Crippen molar-refractivity contribution in [3.05, 3.63) is 52.6 Å². The zero-order chi connectivity index (χ0) is 15.1. The SMILES string of the molecule is Cc1cc(C)cc(-c2cc(C)cc3c2OC(=O)CC3C)c1. The van der Waals surface area contributed by atoms with Gasteiger partial charge in [0.05, 0.1) is 6.42 Å². The van der Waals surface area contributed by atoms with E-state index in [0.29, 0.717) is 6.42 Å². The number of hydrogen-bond acceptors (Lipinski definition) is 2. The molecule has 0 bridgehead atoms. The largest absolute Gasteiger partial charge is 0.426 e. The second-order valence-electron chi connectivity index (χ2n) is 6.19. The van der Waals surface area contributed by atoms with Gasteiger partial charge in [-0.1, -0.05) is 42.3 Å². The van der Waals surface area contributed by atoms with Crippen molar-refractivity contribution in [3.63, 3.8) is 0 Å². The normalized spacial score (nSPS) is 17.3. The van der Waals surface area contributed by atoms with Crippen molar-refractivity contribution in [3.8, 4) is 16.9 Å². The standard InChI is InChI=1S/C19H20O2/c1-11-5-12(2)7-15(6-11)17-9-13(3)8-16-14(4)10-18(20)21-19(16)17/h5-9,14H,10H2,1-4H3. The van der Waals surface area contributed by atoms with Gasteiger partial charge in [-0.05, 0) is 49.4 Å². The number of aryl methyl sites for hydroxylation is 3. The maximum atomic E-state index is 11.8. The molecule has 1 aliphatic rings. The second kappa shape index (κ2) is 5.03. The molecule has 108 valence electrons. The molecule has 0 aliphatic carbocycles. The summed E-state index contributed by atoms with van der Waals surface area (Å²) in [5, 5.41) is 0. The fourth-order valence-corrected chi connectivity index (χ4v) is 3.14. The lowest BCUT2D eigenvalue weighted by molar-refractivity contribution is -0.135. The maximum Gasteiger partial charge on any atom is 0.311 e. The smallest absolute Gasteiger partial charge is 0.311 e. The Morgan fingerprint density at radius 3 is 2.24 bits per heavy atom. The van der Waals surface area contributed by atoms with Gasteiger partial charge in [0.25, 0.3) is 0 Å². The topological polar surface area (TPSA) is 26.3 Å². The van der Waals surface area contributed by atoms with E-state index in [1.54, 1.807) is 0 Å². The number of ether oxygens (including phenoxy) is 1. The number of fused-ring (bicyclic) bond motifs is 1. The summed E-state index contributed by atoms with van der Waals surface area (Å²) in [4.78, 5) is 11.8. The Bertz CT molecular complexity index is 708. The Hall–Kier alpha value is -2.09. The molecule has 2 heteroatoms. The molecule has 0 amide bonds. The minimum Gasteiger partial charge on any atom is -0.426 e. The van der Waals surface area contributed by atoms with Gasteiger partial charge in [-0.25, -0.2) is 0 Å². The highest BCUT2D eigenvalue weighted by molar-refractivity contribution is 5.83. The van der Waals surface area contributed by atoms with Crippen LogP contribution in [0.3, 0.4) is 0 Å². The molecule has 0 saturated heterocycles. The van der Waals surface area contributed by atoms with E-state index in [-0.39, 0.29) is 11.9 Å². The lowest BCUT2D eigenvalue weighted by Gasteiger charge is -2.25. The first-order valence-corrected chi connectivity index (χ1v) is 7.38. The molecular weight excluding hydrogens is 260 g/mol. The average molecular weight is 280 g/mol. The van der Waals surface area contributed by atoms with Crippen LogP contribution in [-0.2, 0) is 4.79 Å². The van der Waals surface area contributed by atoms with Crippen LogP contribution in [0.2, 0.25) is 0 Å². The van der Waals surface area contributed by atoms with Crippen molar-refractivity contribution in [1.82, 2.24) is 0 Å². The van der Waals surface area contributed by atoms with E-state index in [0.717, 1.165) is 22.4 Å². The average Bonchev–Trinajstić information content (AvgIpc) is 2.38. The first kappa shape index (κ1) is 13.9. The zero-order valence-corrected chi connectivity index (χ0v) is 13.0. The van der Waals surface area contributed by atoms with Gasteiger partial charge in [0, 0.05) is 5.56 Å². The van der Waals surface area contributed by atoms with Crippen LogP contribution in [0, 0.1) is 20.8 Å². The van der Waals surface area contributed by atoms with Gasteiger partial charge in [0.2, 0.25) is 0 Å². The van der Waals surface area contributed by atoms with Crippen LogP contribution < -0.4 is 4.74 Å². The predicted molar refractivity (Wildman–Crippen MR) is 84.8 cm³/mol. The third kappa shape index (κ3) is 2.58. The van der Waals surface area contributed by atoms with E-state index < -0.39 is 0 Å². The second-order valence-corrected chi connectivity index (χ2v) is 6.19. The molecule has 0 aromatic heterocycles. The molecule has 0 radical (unpaired) electrons. The Kier molecular flexibility index (Phi) is 3.32. The molecule has 2 nitrogen and oxygen atoms in total. The first-order chi connectivity index (χ1) is 9.94. The van der Waals surface area contributed by atoms with E-state index in [2.05, 4.69) is 58.0 Å². The quantitative estimate of drug-likeness (QED) is 0.559. The van der Waals surface area contributed by atoms with Crippen molar-refractivity contribution in [2.45, 2.75) is 40.0 Å². The summed E-state index contributed by atoms with van der Waals surface area (Å²) < 4.78 is 5.58. The lowest BCUT2D eigenvalue weighted by atomic mass is 9.88. The fourth-order valence-electron chi connectivity index (χ4n) is 3.14. The maximum absolute atomic E-state index is 11.8. The number of carbonyl (C=O) groups is 1. The van der Waals surface area contributed by atoms with Crippen molar-refractivity contribution in [2.24, 2.45) is 0 Å². The van der Waals surface area contributed by atoms with Crippen LogP contribution >= 0.6 is 0 Å². The van der Waals surface area contributed by atoms with Crippen molar-refractivity contribution in [1.29, 1.82) is 0 Å². The van der Waals surface area contributed by atoms with Crippen LogP contribution in [0.4, 0.5) is 0 Å². The molecule has 0 spiro atoms. The highest BCUT2D eigenvalue weighted by atomic mass is 16.5.